The second kappa shape index (κ2) is 5.16. The number of benzene rings is 1. The average molecular weight is 263 g/mol. The highest BCUT2D eigenvalue weighted by atomic mass is 32.1. The molecular weight excluding hydrogens is 250 g/mol. The van der Waals surface area contributed by atoms with Gasteiger partial charge < -0.3 is 16.2 Å². The molecule has 94 valence electrons. The lowest BCUT2D eigenvalue weighted by Gasteiger charge is -2.03. The van der Waals surface area contributed by atoms with Crippen molar-refractivity contribution < 1.29 is 9.90 Å². The van der Waals surface area contributed by atoms with Gasteiger partial charge in [0.15, 0.2) is 0 Å². The van der Waals surface area contributed by atoms with E-state index in [2.05, 4.69) is 10.3 Å². The van der Waals surface area contributed by atoms with Crippen LogP contribution >= 0.6 is 11.3 Å². The fourth-order valence-corrected chi connectivity index (χ4v) is 2.10. The molecule has 1 aromatic carbocycles. The molecule has 1 atom stereocenters. The number of hydrogen-bond donors (Lipinski definition) is 3. The standard InChI is InChI=1S/C12H13N3O2S/c1-7(13)12-15-10(6-18-12)11(17)14-8-2-4-9(16)5-3-8/h2-7,16H,13H2,1H3,(H,14,17). The van der Waals surface area contributed by atoms with Gasteiger partial charge in [0.2, 0.25) is 0 Å². The second-order valence-electron chi connectivity index (χ2n) is 3.86. The molecule has 0 saturated carbocycles. The van der Waals surface area contributed by atoms with Gasteiger partial charge in [0.05, 0.1) is 6.04 Å². The first-order valence-electron chi connectivity index (χ1n) is 5.37. The highest BCUT2D eigenvalue weighted by Crippen LogP contribution is 2.18. The molecule has 5 nitrogen and oxygen atoms in total. The Hall–Kier alpha value is -1.92. The Morgan fingerprint density at radius 1 is 1.44 bits per heavy atom. The fraction of sp³-hybridized carbons (Fsp3) is 0.167. The van der Waals surface area contributed by atoms with E-state index in [4.69, 9.17) is 10.8 Å². The molecule has 0 bridgehead atoms. The lowest BCUT2D eigenvalue weighted by molar-refractivity contribution is 0.102. The van der Waals surface area contributed by atoms with E-state index in [1.807, 2.05) is 6.92 Å². The smallest absolute Gasteiger partial charge is 0.275 e. The predicted molar refractivity (Wildman–Crippen MR) is 70.8 cm³/mol. The minimum Gasteiger partial charge on any atom is -0.508 e. The molecule has 6 heteroatoms. The number of hydrogen-bond acceptors (Lipinski definition) is 5. The van der Waals surface area contributed by atoms with Crippen LogP contribution in [0.1, 0.15) is 28.5 Å². The summed E-state index contributed by atoms with van der Waals surface area (Å²) in [4.78, 5) is 16.0. The van der Waals surface area contributed by atoms with Crippen molar-refractivity contribution in [2.24, 2.45) is 5.73 Å². The Morgan fingerprint density at radius 3 is 2.67 bits per heavy atom. The minimum absolute atomic E-state index is 0.154. The van der Waals surface area contributed by atoms with E-state index in [9.17, 15) is 4.79 Å². The van der Waals surface area contributed by atoms with Gasteiger partial charge in [-0.3, -0.25) is 4.79 Å². The normalized spacial score (nSPS) is 12.1. The lowest BCUT2D eigenvalue weighted by Crippen LogP contribution is -2.13. The lowest BCUT2D eigenvalue weighted by atomic mass is 10.3. The van der Waals surface area contributed by atoms with E-state index in [0.29, 0.717) is 11.4 Å². The van der Waals surface area contributed by atoms with Crippen LogP contribution in [0.5, 0.6) is 5.75 Å². The number of anilines is 1. The number of thiazole rings is 1. The molecule has 2 aromatic rings. The third kappa shape index (κ3) is 2.85. The Labute approximate surface area is 108 Å². The number of nitrogens with one attached hydrogen (secondary N) is 1. The summed E-state index contributed by atoms with van der Waals surface area (Å²) < 4.78 is 0. The summed E-state index contributed by atoms with van der Waals surface area (Å²) in [6.45, 7) is 1.82. The Balaban J connectivity index is 2.09. The molecule has 1 aromatic heterocycles. The number of phenols is 1. The zero-order valence-corrected chi connectivity index (χ0v) is 10.6. The highest BCUT2D eigenvalue weighted by molar-refractivity contribution is 7.09. The summed E-state index contributed by atoms with van der Waals surface area (Å²) in [6, 6.07) is 6.07. The Kier molecular flexibility index (Phi) is 3.59. The zero-order valence-electron chi connectivity index (χ0n) is 9.75. The van der Waals surface area contributed by atoms with E-state index in [-0.39, 0.29) is 17.7 Å². The SMILES string of the molecule is CC(N)c1nc(C(=O)Nc2ccc(O)cc2)cs1. The monoisotopic (exact) mass is 263 g/mol. The van der Waals surface area contributed by atoms with E-state index in [1.165, 1.54) is 23.5 Å². The molecule has 0 aliphatic rings. The number of aromatic hydroxyl groups is 1. The van der Waals surface area contributed by atoms with E-state index in [0.717, 1.165) is 5.01 Å². The molecule has 1 amide bonds. The quantitative estimate of drug-likeness (QED) is 0.740. The first-order chi connectivity index (χ1) is 8.56. The number of carbonyl (C=O) groups excluding carboxylic acids is 1. The van der Waals surface area contributed by atoms with Crippen LogP contribution in [0.4, 0.5) is 5.69 Å². The molecule has 4 N–H and O–H groups in total. The molecule has 18 heavy (non-hydrogen) atoms. The highest BCUT2D eigenvalue weighted by Gasteiger charge is 2.12. The summed E-state index contributed by atoms with van der Waals surface area (Å²) in [5.74, 6) is -0.135. The summed E-state index contributed by atoms with van der Waals surface area (Å²) in [5.41, 5.74) is 6.64. The summed E-state index contributed by atoms with van der Waals surface area (Å²) >= 11 is 1.36. The minimum atomic E-state index is -0.288. The molecule has 1 unspecified atom stereocenters. The third-order valence-electron chi connectivity index (χ3n) is 2.27. The number of carbonyl (C=O) groups is 1. The van der Waals surface area contributed by atoms with Gasteiger partial charge in [0.25, 0.3) is 5.91 Å². The molecule has 1 heterocycles. The van der Waals surface area contributed by atoms with Crippen molar-refractivity contribution in [1.82, 2.24) is 4.98 Å². The molecule has 2 rings (SSSR count). The fourth-order valence-electron chi connectivity index (χ4n) is 1.34. The van der Waals surface area contributed by atoms with Crippen LogP contribution in [0.25, 0.3) is 0 Å². The van der Waals surface area contributed by atoms with Gasteiger partial charge in [-0.1, -0.05) is 0 Å². The summed E-state index contributed by atoms with van der Waals surface area (Å²) in [5, 5.41) is 14.2. The largest absolute Gasteiger partial charge is 0.508 e. The maximum absolute atomic E-state index is 11.9. The number of nitrogens with zero attached hydrogens (tertiary/aromatic N) is 1. The second-order valence-corrected chi connectivity index (χ2v) is 4.75. The molecular formula is C12H13N3O2S. The average Bonchev–Trinajstić information content (AvgIpc) is 2.81. The van der Waals surface area contributed by atoms with Crippen molar-refractivity contribution in [2.45, 2.75) is 13.0 Å². The van der Waals surface area contributed by atoms with Crippen molar-refractivity contribution >= 4 is 22.9 Å². The first kappa shape index (κ1) is 12.5. The van der Waals surface area contributed by atoms with Crippen LogP contribution in [-0.4, -0.2) is 16.0 Å². The van der Waals surface area contributed by atoms with E-state index in [1.54, 1.807) is 17.5 Å². The van der Waals surface area contributed by atoms with Crippen LogP contribution < -0.4 is 11.1 Å². The third-order valence-corrected chi connectivity index (χ3v) is 3.31. The zero-order chi connectivity index (χ0) is 13.1. The van der Waals surface area contributed by atoms with Crippen molar-refractivity contribution in [3.05, 3.63) is 40.3 Å². The molecule has 0 fully saturated rings. The number of aromatic nitrogens is 1. The number of rotatable bonds is 3. The van der Waals surface area contributed by atoms with Gasteiger partial charge in [-0.15, -0.1) is 11.3 Å². The Morgan fingerprint density at radius 2 is 2.11 bits per heavy atom. The van der Waals surface area contributed by atoms with Crippen LogP contribution in [0.15, 0.2) is 29.6 Å². The Bertz CT molecular complexity index is 549. The van der Waals surface area contributed by atoms with Gasteiger partial charge in [-0.05, 0) is 31.2 Å². The maximum Gasteiger partial charge on any atom is 0.275 e. The molecule has 0 aliphatic carbocycles. The summed E-state index contributed by atoms with van der Waals surface area (Å²) in [6.07, 6.45) is 0. The number of nitrogens with two attached hydrogens (primary N) is 1. The van der Waals surface area contributed by atoms with Crippen LogP contribution in [-0.2, 0) is 0 Å². The molecule has 0 saturated heterocycles. The number of phenolic OH excluding ortho intramolecular Hbond substituents is 1. The molecule has 0 radical (unpaired) electrons. The van der Waals surface area contributed by atoms with Crippen molar-refractivity contribution in [3.8, 4) is 5.75 Å². The first-order valence-corrected chi connectivity index (χ1v) is 6.25. The molecule has 0 aliphatic heterocycles. The van der Waals surface area contributed by atoms with Gasteiger partial charge in [0.1, 0.15) is 16.5 Å². The summed E-state index contributed by atoms with van der Waals surface area (Å²) in [7, 11) is 0. The predicted octanol–water partition coefficient (Wildman–Crippen LogP) is 2.12. The van der Waals surface area contributed by atoms with E-state index >= 15 is 0 Å². The van der Waals surface area contributed by atoms with Gasteiger partial charge in [-0.2, -0.15) is 0 Å². The number of amides is 1. The van der Waals surface area contributed by atoms with Crippen LogP contribution in [0.2, 0.25) is 0 Å². The maximum atomic E-state index is 11.9. The topological polar surface area (TPSA) is 88.2 Å². The van der Waals surface area contributed by atoms with Gasteiger partial charge in [0, 0.05) is 11.1 Å². The van der Waals surface area contributed by atoms with Crippen molar-refractivity contribution in [3.63, 3.8) is 0 Å². The van der Waals surface area contributed by atoms with Gasteiger partial charge in [-0.25, -0.2) is 4.98 Å². The van der Waals surface area contributed by atoms with E-state index < -0.39 is 0 Å². The van der Waals surface area contributed by atoms with Crippen LogP contribution in [0, 0.1) is 0 Å². The van der Waals surface area contributed by atoms with Crippen LogP contribution in [0.3, 0.4) is 0 Å². The van der Waals surface area contributed by atoms with Crippen molar-refractivity contribution in [1.29, 1.82) is 0 Å². The molecule has 0 spiro atoms. The van der Waals surface area contributed by atoms with Gasteiger partial charge >= 0.3 is 0 Å². The van der Waals surface area contributed by atoms with Crippen molar-refractivity contribution in [2.75, 3.05) is 5.32 Å².